The number of rotatable bonds is 17. The fourth-order valence-corrected chi connectivity index (χ4v) is 4.23. The number of aliphatic hydroxyl groups is 2. The first kappa shape index (κ1) is 33.7. The standard InChI is InChI=1S/C28H39N3O6.C2H4O2/c32-20-23-17-22(10-13-25(23)33)26(34)18-29-14-4-1-2-5-15-37-16-6-3-7-21-8-11-24(12-9-21)31-27(35)19-30-28(31)36;1-2(3)4/h8-13,17,26,29,32-34H,1-7,14-16,18-20H2,(H,30,36);1H3,(H,3,4)/t26-;/m0./s1. The van der Waals surface area contributed by atoms with Gasteiger partial charge in [0.25, 0.3) is 11.9 Å². The molecule has 6 N–H and O–H groups in total. The minimum absolute atomic E-state index is 0.0352. The van der Waals surface area contributed by atoms with E-state index >= 15 is 0 Å². The third-order valence-corrected chi connectivity index (χ3v) is 6.43. The number of ether oxygens (including phenoxy) is 1. The summed E-state index contributed by atoms with van der Waals surface area (Å²) in [4.78, 5) is 33.7. The molecule has 0 unspecified atom stereocenters. The number of hydrogen-bond donors (Lipinski definition) is 6. The number of carbonyl (C=O) groups is 3. The zero-order valence-electron chi connectivity index (χ0n) is 23.7. The second-order valence-corrected chi connectivity index (χ2v) is 9.82. The Hall–Kier alpha value is -3.51. The van der Waals surface area contributed by atoms with Gasteiger partial charge >= 0.3 is 6.03 Å². The first-order chi connectivity index (χ1) is 19.7. The van der Waals surface area contributed by atoms with Crippen molar-refractivity contribution in [1.82, 2.24) is 10.6 Å². The molecule has 0 aliphatic carbocycles. The molecule has 226 valence electrons. The number of nitrogens with zero attached hydrogens (tertiary/aromatic N) is 1. The zero-order chi connectivity index (χ0) is 30.0. The number of phenols is 1. The van der Waals surface area contributed by atoms with E-state index in [9.17, 15) is 24.9 Å². The minimum atomic E-state index is -0.833. The molecular formula is C30H43N3O8. The number of imide groups is 1. The first-order valence-corrected chi connectivity index (χ1v) is 14.0. The summed E-state index contributed by atoms with van der Waals surface area (Å²) in [6, 6.07) is 12.0. The van der Waals surface area contributed by atoms with E-state index in [0.717, 1.165) is 71.6 Å². The Labute approximate surface area is 241 Å². The maximum atomic E-state index is 11.8. The average molecular weight is 574 g/mol. The highest BCUT2D eigenvalue weighted by atomic mass is 16.5. The molecule has 1 fully saturated rings. The number of unbranched alkanes of at least 4 members (excludes halogenated alkanes) is 4. The lowest BCUT2D eigenvalue weighted by Gasteiger charge is -2.14. The van der Waals surface area contributed by atoms with E-state index in [0.29, 0.717) is 23.4 Å². The predicted molar refractivity (Wildman–Crippen MR) is 155 cm³/mol. The lowest BCUT2D eigenvalue weighted by molar-refractivity contribution is -0.134. The van der Waals surface area contributed by atoms with Crippen LogP contribution in [-0.4, -0.2) is 71.2 Å². The number of aliphatic carboxylic acids is 1. The van der Waals surface area contributed by atoms with Gasteiger partial charge in [0.1, 0.15) is 5.75 Å². The largest absolute Gasteiger partial charge is 0.508 e. The molecule has 0 saturated carbocycles. The van der Waals surface area contributed by atoms with Gasteiger partial charge in [-0.25, -0.2) is 9.69 Å². The van der Waals surface area contributed by atoms with Crippen LogP contribution in [0, 0.1) is 0 Å². The van der Waals surface area contributed by atoms with Crippen molar-refractivity contribution in [3.63, 3.8) is 0 Å². The van der Waals surface area contributed by atoms with E-state index in [4.69, 9.17) is 14.6 Å². The van der Waals surface area contributed by atoms with E-state index in [-0.39, 0.29) is 30.8 Å². The maximum absolute atomic E-state index is 11.8. The van der Waals surface area contributed by atoms with Gasteiger partial charge in [-0.2, -0.15) is 0 Å². The monoisotopic (exact) mass is 573 g/mol. The van der Waals surface area contributed by atoms with E-state index in [2.05, 4.69) is 10.6 Å². The number of amides is 3. The minimum Gasteiger partial charge on any atom is -0.508 e. The summed E-state index contributed by atoms with van der Waals surface area (Å²) in [6.45, 7) is 3.64. The molecule has 2 aromatic carbocycles. The number of carbonyl (C=O) groups excluding carboxylic acids is 2. The first-order valence-electron chi connectivity index (χ1n) is 14.0. The molecule has 3 amide bonds. The average Bonchev–Trinajstić information content (AvgIpc) is 3.28. The third-order valence-electron chi connectivity index (χ3n) is 6.43. The normalized spacial score (nSPS) is 13.5. The van der Waals surface area contributed by atoms with Crippen molar-refractivity contribution < 1.29 is 39.5 Å². The van der Waals surface area contributed by atoms with Crippen LogP contribution in [0.2, 0.25) is 0 Å². The Morgan fingerprint density at radius 1 is 1.02 bits per heavy atom. The summed E-state index contributed by atoms with van der Waals surface area (Å²) < 4.78 is 5.74. The van der Waals surface area contributed by atoms with Crippen molar-refractivity contribution in [1.29, 1.82) is 0 Å². The summed E-state index contributed by atoms with van der Waals surface area (Å²) in [6.07, 6.45) is 6.52. The van der Waals surface area contributed by atoms with Crippen LogP contribution >= 0.6 is 0 Å². The Morgan fingerprint density at radius 2 is 1.68 bits per heavy atom. The summed E-state index contributed by atoms with van der Waals surface area (Å²) in [5.41, 5.74) is 2.87. The Morgan fingerprint density at radius 3 is 2.32 bits per heavy atom. The fraction of sp³-hybridized carbons (Fsp3) is 0.500. The zero-order valence-corrected chi connectivity index (χ0v) is 23.7. The SMILES string of the molecule is CC(=O)O.O=C1CNC(=O)N1c1ccc(CCCCOCCCCCCNC[C@H](O)c2ccc(O)c(CO)c2)cc1. The van der Waals surface area contributed by atoms with Gasteiger partial charge in [-0.3, -0.25) is 9.59 Å². The van der Waals surface area contributed by atoms with Crippen LogP contribution in [0.4, 0.5) is 10.5 Å². The molecule has 1 heterocycles. The van der Waals surface area contributed by atoms with Crippen LogP contribution in [0.5, 0.6) is 5.75 Å². The quantitative estimate of drug-likeness (QED) is 0.123. The molecular weight excluding hydrogens is 530 g/mol. The molecule has 0 radical (unpaired) electrons. The molecule has 1 saturated heterocycles. The molecule has 2 aromatic rings. The number of hydrogen-bond acceptors (Lipinski definition) is 8. The van der Waals surface area contributed by atoms with Gasteiger partial charge in [-0.1, -0.05) is 31.0 Å². The summed E-state index contributed by atoms with van der Waals surface area (Å²) >= 11 is 0. The number of nitrogens with one attached hydrogen (secondary N) is 2. The van der Waals surface area contributed by atoms with Gasteiger partial charge in [-0.05, 0) is 74.0 Å². The topological polar surface area (TPSA) is 169 Å². The molecule has 41 heavy (non-hydrogen) atoms. The fourth-order valence-electron chi connectivity index (χ4n) is 4.23. The maximum Gasteiger partial charge on any atom is 0.329 e. The summed E-state index contributed by atoms with van der Waals surface area (Å²) in [5, 5.41) is 42.3. The van der Waals surface area contributed by atoms with Crippen molar-refractivity contribution in [2.24, 2.45) is 0 Å². The Balaban J connectivity index is 0.00000138. The van der Waals surface area contributed by atoms with Crippen molar-refractivity contribution in [2.75, 3.05) is 37.7 Å². The molecule has 11 heteroatoms. The molecule has 0 bridgehead atoms. The van der Waals surface area contributed by atoms with Gasteiger partial charge < -0.3 is 35.8 Å². The number of carboxylic acids is 1. The van der Waals surface area contributed by atoms with Gasteiger partial charge in [0.2, 0.25) is 0 Å². The molecule has 3 rings (SSSR count). The second-order valence-electron chi connectivity index (χ2n) is 9.82. The van der Waals surface area contributed by atoms with Crippen molar-refractivity contribution >= 4 is 23.6 Å². The van der Waals surface area contributed by atoms with Crippen LogP contribution in [0.3, 0.4) is 0 Å². The van der Waals surface area contributed by atoms with Crippen LogP contribution in [-0.2, 0) is 27.4 Å². The van der Waals surface area contributed by atoms with Gasteiger partial charge in [0, 0.05) is 32.2 Å². The van der Waals surface area contributed by atoms with Gasteiger partial charge in [0.05, 0.1) is 24.9 Å². The molecule has 1 aliphatic heterocycles. The van der Waals surface area contributed by atoms with E-state index in [1.165, 1.54) is 16.5 Å². The lowest BCUT2D eigenvalue weighted by atomic mass is 10.1. The highest BCUT2D eigenvalue weighted by Crippen LogP contribution is 2.22. The van der Waals surface area contributed by atoms with Crippen LogP contribution in [0.15, 0.2) is 42.5 Å². The number of anilines is 1. The van der Waals surface area contributed by atoms with E-state index < -0.39 is 12.1 Å². The summed E-state index contributed by atoms with van der Waals surface area (Å²) in [7, 11) is 0. The number of benzene rings is 2. The highest BCUT2D eigenvalue weighted by molar-refractivity contribution is 6.19. The Bertz CT molecular complexity index is 1070. The highest BCUT2D eigenvalue weighted by Gasteiger charge is 2.29. The molecule has 0 spiro atoms. The van der Waals surface area contributed by atoms with Gasteiger partial charge in [-0.15, -0.1) is 0 Å². The van der Waals surface area contributed by atoms with Crippen LogP contribution < -0.4 is 15.5 Å². The number of carboxylic acid groups (broad SMARTS) is 1. The second kappa shape index (κ2) is 18.8. The smallest absolute Gasteiger partial charge is 0.329 e. The number of aromatic hydroxyl groups is 1. The van der Waals surface area contributed by atoms with Gasteiger partial charge in [0.15, 0.2) is 0 Å². The van der Waals surface area contributed by atoms with Crippen LogP contribution in [0.1, 0.15) is 68.2 Å². The Kier molecular flexibility index (Phi) is 15.4. The predicted octanol–water partition coefficient (Wildman–Crippen LogP) is 3.25. The van der Waals surface area contributed by atoms with E-state index in [1.54, 1.807) is 12.1 Å². The molecule has 11 nitrogen and oxygen atoms in total. The van der Waals surface area contributed by atoms with Crippen molar-refractivity contribution in [2.45, 2.75) is 64.6 Å². The molecule has 1 aliphatic rings. The third kappa shape index (κ3) is 12.7. The number of aryl methyl sites for hydroxylation is 1. The summed E-state index contributed by atoms with van der Waals surface area (Å²) in [5.74, 6) is -1.03. The molecule has 0 aromatic heterocycles. The van der Waals surface area contributed by atoms with Crippen molar-refractivity contribution in [3.05, 3.63) is 59.2 Å². The number of urea groups is 1. The van der Waals surface area contributed by atoms with E-state index in [1.807, 2.05) is 24.3 Å². The van der Waals surface area contributed by atoms with Crippen molar-refractivity contribution in [3.8, 4) is 5.75 Å². The van der Waals surface area contributed by atoms with Crippen LogP contribution in [0.25, 0.3) is 0 Å². The molecule has 1 atom stereocenters. The number of aliphatic hydroxyl groups excluding tert-OH is 2. The lowest BCUT2D eigenvalue weighted by Crippen LogP contribution is -2.30.